The Morgan fingerprint density at radius 3 is 2.77 bits per heavy atom. The Morgan fingerprint density at radius 2 is 2.23 bits per heavy atom. The summed E-state index contributed by atoms with van der Waals surface area (Å²) in [7, 11) is 1.31. The molecule has 1 aromatic carbocycles. The van der Waals surface area contributed by atoms with E-state index in [1.807, 2.05) is 0 Å². The number of rotatable bonds is 2. The number of anilines is 1. The molecule has 70 valence electrons. The predicted octanol–water partition coefficient (Wildman–Crippen LogP) is 0.690. The van der Waals surface area contributed by atoms with Gasteiger partial charge in [-0.2, -0.15) is 0 Å². The van der Waals surface area contributed by atoms with Gasteiger partial charge in [-0.1, -0.05) is 0 Å². The Kier molecular flexibility index (Phi) is 2.74. The molecule has 0 aliphatic rings. The van der Waals surface area contributed by atoms with Gasteiger partial charge in [0.2, 0.25) is 0 Å². The standard InChI is InChI=1S/C9H11NO3/c1-13-9(12)4-6-2-7(10)5-8(11)3-6/h2-3,5,11H,4,10H2,1H3. The maximum Gasteiger partial charge on any atom is 0.309 e. The van der Waals surface area contributed by atoms with Crippen LogP contribution in [0.5, 0.6) is 5.75 Å². The molecular formula is C9H11NO3. The molecule has 0 saturated carbocycles. The summed E-state index contributed by atoms with van der Waals surface area (Å²) >= 11 is 0. The van der Waals surface area contributed by atoms with Crippen molar-refractivity contribution in [2.45, 2.75) is 6.42 Å². The van der Waals surface area contributed by atoms with E-state index in [9.17, 15) is 4.79 Å². The molecule has 0 atom stereocenters. The molecule has 0 amide bonds. The number of carbonyl (C=O) groups is 1. The average Bonchev–Trinajstić information content (AvgIpc) is 2.02. The van der Waals surface area contributed by atoms with E-state index in [1.165, 1.54) is 19.2 Å². The molecule has 1 aromatic rings. The van der Waals surface area contributed by atoms with Crippen molar-refractivity contribution >= 4 is 11.7 Å². The number of nitrogens with two attached hydrogens (primary N) is 1. The van der Waals surface area contributed by atoms with Crippen molar-refractivity contribution in [2.24, 2.45) is 0 Å². The van der Waals surface area contributed by atoms with E-state index < -0.39 is 0 Å². The monoisotopic (exact) mass is 181 g/mol. The fraction of sp³-hybridized carbons (Fsp3) is 0.222. The summed E-state index contributed by atoms with van der Waals surface area (Å²) in [6.45, 7) is 0. The van der Waals surface area contributed by atoms with E-state index in [1.54, 1.807) is 6.07 Å². The average molecular weight is 181 g/mol. The first kappa shape index (κ1) is 9.38. The zero-order valence-electron chi connectivity index (χ0n) is 7.28. The van der Waals surface area contributed by atoms with Crippen molar-refractivity contribution in [3.05, 3.63) is 23.8 Å². The molecular weight excluding hydrogens is 170 g/mol. The first-order chi connectivity index (χ1) is 6.11. The Bertz CT molecular complexity index is 302. The first-order valence-corrected chi connectivity index (χ1v) is 3.77. The number of hydrogen-bond donors (Lipinski definition) is 2. The van der Waals surface area contributed by atoms with Crippen molar-refractivity contribution < 1.29 is 14.6 Å². The highest BCUT2D eigenvalue weighted by Gasteiger charge is 2.04. The van der Waals surface area contributed by atoms with Crippen LogP contribution < -0.4 is 5.73 Å². The molecule has 0 saturated heterocycles. The summed E-state index contributed by atoms with van der Waals surface area (Å²) in [4.78, 5) is 10.9. The highest BCUT2D eigenvalue weighted by Crippen LogP contribution is 2.17. The molecule has 0 fully saturated rings. The van der Waals surface area contributed by atoms with Crippen LogP contribution in [-0.2, 0) is 16.0 Å². The second kappa shape index (κ2) is 3.80. The fourth-order valence-corrected chi connectivity index (χ4v) is 1.04. The first-order valence-electron chi connectivity index (χ1n) is 3.77. The number of phenols is 1. The van der Waals surface area contributed by atoms with Crippen molar-refractivity contribution in [1.82, 2.24) is 0 Å². The molecule has 4 nitrogen and oxygen atoms in total. The second-order valence-electron chi connectivity index (χ2n) is 2.69. The molecule has 0 aromatic heterocycles. The quantitative estimate of drug-likeness (QED) is 0.520. The van der Waals surface area contributed by atoms with E-state index in [2.05, 4.69) is 4.74 Å². The molecule has 4 heteroatoms. The second-order valence-corrected chi connectivity index (χ2v) is 2.69. The SMILES string of the molecule is COC(=O)Cc1cc(N)cc(O)c1. The van der Waals surface area contributed by atoms with Crippen LogP contribution in [-0.4, -0.2) is 18.2 Å². The molecule has 0 aliphatic carbocycles. The molecule has 0 aliphatic heterocycles. The fourth-order valence-electron chi connectivity index (χ4n) is 1.04. The Labute approximate surface area is 75.9 Å². The van der Waals surface area contributed by atoms with Gasteiger partial charge in [0.25, 0.3) is 0 Å². The highest BCUT2D eigenvalue weighted by atomic mass is 16.5. The minimum Gasteiger partial charge on any atom is -0.508 e. The lowest BCUT2D eigenvalue weighted by molar-refractivity contribution is -0.139. The third-order valence-electron chi connectivity index (χ3n) is 1.58. The number of benzene rings is 1. The topological polar surface area (TPSA) is 72.5 Å². The van der Waals surface area contributed by atoms with Gasteiger partial charge >= 0.3 is 5.97 Å². The van der Waals surface area contributed by atoms with Crippen LogP contribution in [0.25, 0.3) is 0 Å². The number of esters is 1. The molecule has 1 rings (SSSR count). The van der Waals surface area contributed by atoms with Gasteiger partial charge in [0.1, 0.15) is 5.75 Å². The van der Waals surface area contributed by atoms with Gasteiger partial charge in [-0.15, -0.1) is 0 Å². The maximum atomic E-state index is 10.9. The van der Waals surface area contributed by atoms with Gasteiger partial charge in [-0.05, 0) is 17.7 Å². The van der Waals surface area contributed by atoms with Crippen LogP contribution in [0.3, 0.4) is 0 Å². The van der Waals surface area contributed by atoms with Crippen LogP contribution in [0.15, 0.2) is 18.2 Å². The summed E-state index contributed by atoms with van der Waals surface area (Å²) in [6, 6.07) is 4.52. The van der Waals surface area contributed by atoms with Gasteiger partial charge in [-0.3, -0.25) is 4.79 Å². The van der Waals surface area contributed by atoms with Crippen LogP contribution in [0, 0.1) is 0 Å². The van der Waals surface area contributed by atoms with E-state index >= 15 is 0 Å². The predicted molar refractivity (Wildman–Crippen MR) is 48.2 cm³/mol. The van der Waals surface area contributed by atoms with Gasteiger partial charge in [0, 0.05) is 11.8 Å². The summed E-state index contributed by atoms with van der Waals surface area (Å²) in [5.74, 6) is -0.302. The smallest absolute Gasteiger partial charge is 0.309 e. The lowest BCUT2D eigenvalue weighted by atomic mass is 10.1. The Balaban J connectivity index is 2.83. The molecule has 13 heavy (non-hydrogen) atoms. The largest absolute Gasteiger partial charge is 0.508 e. The molecule has 0 radical (unpaired) electrons. The highest BCUT2D eigenvalue weighted by molar-refractivity contribution is 5.73. The third-order valence-corrected chi connectivity index (χ3v) is 1.58. The van der Waals surface area contributed by atoms with Gasteiger partial charge in [0.05, 0.1) is 13.5 Å². The van der Waals surface area contributed by atoms with Crippen LogP contribution in [0.4, 0.5) is 5.69 Å². The number of methoxy groups -OCH3 is 1. The molecule has 0 unspecified atom stereocenters. The zero-order valence-corrected chi connectivity index (χ0v) is 7.28. The van der Waals surface area contributed by atoms with Gasteiger partial charge < -0.3 is 15.6 Å². The van der Waals surface area contributed by atoms with Gasteiger partial charge in [0.15, 0.2) is 0 Å². The summed E-state index contributed by atoms with van der Waals surface area (Å²) in [5.41, 5.74) is 6.54. The van der Waals surface area contributed by atoms with Gasteiger partial charge in [-0.25, -0.2) is 0 Å². The van der Waals surface area contributed by atoms with Crippen LogP contribution in [0.1, 0.15) is 5.56 Å². The lowest BCUT2D eigenvalue weighted by Gasteiger charge is -2.02. The number of phenolic OH excluding ortho intramolecular Hbond substituents is 1. The van der Waals surface area contributed by atoms with Crippen molar-refractivity contribution in [3.8, 4) is 5.75 Å². The molecule has 0 bridgehead atoms. The maximum absolute atomic E-state index is 10.9. The molecule has 0 heterocycles. The summed E-state index contributed by atoms with van der Waals surface area (Å²) in [6.07, 6.45) is 0.120. The van der Waals surface area contributed by atoms with E-state index in [0.29, 0.717) is 11.3 Å². The minimum atomic E-state index is -0.356. The summed E-state index contributed by atoms with van der Waals surface area (Å²) < 4.78 is 4.47. The molecule has 3 N–H and O–H groups in total. The Morgan fingerprint density at radius 1 is 1.54 bits per heavy atom. The lowest BCUT2D eigenvalue weighted by Crippen LogP contribution is -2.04. The van der Waals surface area contributed by atoms with Crippen molar-refractivity contribution in [3.63, 3.8) is 0 Å². The minimum absolute atomic E-state index is 0.0545. The van der Waals surface area contributed by atoms with Crippen LogP contribution >= 0.6 is 0 Å². The number of nitrogen functional groups attached to an aromatic ring is 1. The van der Waals surface area contributed by atoms with Crippen molar-refractivity contribution in [1.29, 1.82) is 0 Å². The van der Waals surface area contributed by atoms with E-state index in [0.717, 1.165) is 0 Å². The number of aromatic hydroxyl groups is 1. The molecule has 0 spiro atoms. The third kappa shape index (κ3) is 2.66. The van der Waals surface area contributed by atoms with E-state index in [4.69, 9.17) is 10.8 Å². The van der Waals surface area contributed by atoms with E-state index in [-0.39, 0.29) is 18.1 Å². The van der Waals surface area contributed by atoms with Crippen LogP contribution in [0.2, 0.25) is 0 Å². The zero-order chi connectivity index (χ0) is 9.84. The van der Waals surface area contributed by atoms with Crippen molar-refractivity contribution in [2.75, 3.05) is 12.8 Å². The Hall–Kier alpha value is -1.71. The number of carbonyl (C=O) groups excluding carboxylic acids is 1. The normalized spacial score (nSPS) is 9.62. The summed E-state index contributed by atoms with van der Waals surface area (Å²) in [5, 5.41) is 9.15. The number of hydrogen-bond acceptors (Lipinski definition) is 4. The number of ether oxygens (including phenoxy) is 1.